The lowest BCUT2D eigenvalue weighted by atomic mass is 9.92. The number of hydrogen-bond donors (Lipinski definition) is 1. The molecule has 0 saturated carbocycles. The lowest BCUT2D eigenvalue weighted by Crippen LogP contribution is -2.43. The Balaban J connectivity index is 1.76. The van der Waals surface area contributed by atoms with Crippen molar-refractivity contribution in [1.29, 1.82) is 0 Å². The molecule has 1 saturated heterocycles. The monoisotopic (exact) mass is 339 g/mol. The van der Waals surface area contributed by atoms with Gasteiger partial charge in [0, 0.05) is 6.61 Å². The third-order valence-electron chi connectivity index (χ3n) is 4.42. The van der Waals surface area contributed by atoms with Crippen LogP contribution in [0.1, 0.15) is 37.3 Å². The first kappa shape index (κ1) is 16.4. The van der Waals surface area contributed by atoms with Crippen LogP contribution in [0, 0.1) is 5.92 Å². The van der Waals surface area contributed by atoms with Crippen LogP contribution in [0.5, 0.6) is 0 Å². The first-order valence-electron chi connectivity index (χ1n) is 7.89. The Morgan fingerprint density at radius 3 is 2.87 bits per heavy atom. The molecule has 23 heavy (non-hydrogen) atoms. The normalized spacial score (nSPS) is 24.2. The van der Waals surface area contributed by atoms with Crippen LogP contribution in [0.2, 0.25) is 0 Å². The highest BCUT2D eigenvalue weighted by Gasteiger charge is 2.33. The molecule has 2 aliphatic rings. The number of rotatable bonds is 4. The van der Waals surface area contributed by atoms with E-state index in [0.717, 1.165) is 17.5 Å². The van der Waals surface area contributed by atoms with Crippen molar-refractivity contribution in [2.75, 3.05) is 6.61 Å². The Bertz CT molecular complexity index is 700. The van der Waals surface area contributed by atoms with Crippen LogP contribution in [-0.4, -0.2) is 27.0 Å². The number of amides is 1. The number of benzene rings is 1. The van der Waals surface area contributed by atoms with Gasteiger partial charge in [-0.15, -0.1) is 0 Å². The van der Waals surface area contributed by atoms with Gasteiger partial charge in [0.25, 0.3) is 10.0 Å². The van der Waals surface area contributed by atoms with E-state index in [0.29, 0.717) is 32.7 Å². The number of sulfonamides is 1. The maximum atomic E-state index is 12.5. The molecule has 1 aromatic carbocycles. The molecule has 126 valence electrons. The van der Waals surface area contributed by atoms with E-state index in [1.54, 1.807) is 12.1 Å². The van der Waals surface area contributed by atoms with E-state index in [1.807, 2.05) is 6.92 Å². The summed E-state index contributed by atoms with van der Waals surface area (Å²) in [6, 6.07) is 4.82. The molecule has 7 heteroatoms. The summed E-state index contributed by atoms with van der Waals surface area (Å²) in [5.74, 6) is -0.894. The molecule has 2 aliphatic heterocycles. The summed E-state index contributed by atoms with van der Waals surface area (Å²) >= 11 is 0. The van der Waals surface area contributed by atoms with Gasteiger partial charge in [-0.25, -0.2) is 13.1 Å². The van der Waals surface area contributed by atoms with Gasteiger partial charge in [0.2, 0.25) is 5.91 Å². The first-order chi connectivity index (χ1) is 11.0. The zero-order valence-corrected chi connectivity index (χ0v) is 13.9. The minimum atomic E-state index is -3.87. The highest BCUT2D eigenvalue weighted by molar-refractivity contribution is 7.90. The second-order valence-electron chi connectivity index (χ2n) is 5.96. The average molecular weight is 339 g/mol. The molecule has 2 atom stereocenters. The summed E-state index contributed by atoms with van der Waals surface area (Å²) in [6.45, 7) is 3.46. The largest absolute Gasteiger partial charge is 0.377 e. The molecule has 0 radical (unpaired) electrons. The van der Waals surface area contributed by atoms with Gasteiger partial charge in [-0.3, -0.25) is 4.79 Å². The molecule has 0 aromatic heterocycles. The van der Waals surface area contributed by atoms with Crippen LogP contribution in [0.15, 0.2) is 23.1 Å². The zero-order chi connectivity index (χ0) is 16.4. The van der Waals surface area contributed by atoms with E-state index >= 15 is 0 Å². The number of ether oxygens (including phenoxy) is 2. The Kier molecular flexibility index (Phi) is 4.70. The van der Waals surface area contributed by atoms with Gasteiger partial charge >= 0.3 is 0 Å². The van der Waals surface area contributed by atoms with E-state index in [4.69, 9.17) is 9.47 Å². The smallest absolute Gasteiger partial charge is 0.264 e. The Hall–Kier alpha value is -1.44. The predicted molar refractivity (Wildman–Crippen MR) is 83.0 cm³/mol. The molecule has 2 unspecified atom stereocenters. The van der Waals surface area contributed by atoms with Crippen molar-refractivity contribution in [3.63, 3.8) is 0 Å². The SMILES string of the molecule is CCC1OCCCC1C(=O)NS(=O)(=O)c1ccc2c(c1)COC2. The first-order valence-corrected chi connectivity index (χ1v) is 9.37. The van der Waals surface area contributed by atoms with Crippen molar-refractivity contribution < 1.29 is 22.7 Å². The summed E-state index contributed by atoms with van der Waals surface area (Å²) in [5, 5.41) is 0. The minimum Gasteiger partial charge on any atom is -0.377 e. The molecule has 0 aliphatic carbocycles. The van der Waals surface area contributed by atoms with Crippen LogP contribution in [-0.2, 0) is 37.5 Å². The summed E-state index contributed by atoms with van der Waals surface area (Å²) in [6.07, 6.45) is 1.89. The number of carbonyl (C=O) groups is 1. The Labute approximate surface area is 136 Å². The van der Waals surface area contributed by atoms with Gasteiger partial charge < -0.3 is 9.47 Å². The van der Waals surface area contributed by atoms with Crippen molar-refractivity contribution in [1.82, 2.24) is 4.72 Å². The molecule has 6 nitrogen and oxygen atoms in total. The van der Waals surface area contributed by atoms with Gasteiger partial charge in [-0.1, -0.05) is 13.0 Å². The Morgan fingerprint density at radius 1 is 1.30 bits per heavy atom. The molecule has 0 bridgehead atoms. The third-order valence-corrected chi connectivity index (χ3v) is 5.76. The van der Waals surface area contributed by atoms with Gasteiger partial charge in [0.15, 0.2) is 0 Å². The van der Waals surface area contributed by atoms with Crippen molar-refractivity contribution in [3.8, 4) is 0 Å². The molecular formula is C16H21NO5S. The van der Waals surface area contributed by atoms with Gasteiger partial charge in [-0.05, 0) is 42.5 Å². The standard InChI is InChI=1S/C16H21NO5S/c1-2-15-14(4-3-7-22-15)16(18)17-23(19,20)13-6-5-11-9-21-10-12(11)8-13/h5-6,8,14-15H,2-4,7,9-10H2,1H3,(H,17,18). The van der Waals surface area contributed by atoms with E-state index in [-0.39, 0.29) is 11.0 Å². The van der Waals surface area contributed by atoms with Gasteiger partial charge in [0.1, 0.15) is 0 Å². The van der Waals surface area contributed by atoms with Crippen LogP contribution in [0.4, 0.5) is 0 Å². The minimum absolute atomic E-state index is 0.0971. The van der Waals surface area contributed by atoms with Crippen LogP contribution in [0.25, 0.3) is 0 Å². The summed E-state index contributed by atoms with van der Waals surface area (Å²) in [5.41, 5.74) is 1.84. The van der Waals surface area contributed by atoms with E-state index in [1.165, 1.54) is 6.07 Å². The maximum absolute atomic E-state index is 12.5. The lowest BCUT2D eigenvalue weighted by Gasteiger charge is -2.29. The Morgan fingerprint density at radius 2 is 2.09 bits per heavy atom. The summed E-state index contributed by atoms with van der Waals surface area (Å²) < 4.78 is 38.0. The van der Waals surface area contributed by atoms with Gasteiger partial charge in [-0.2, -0.15) is 0 Å². The lowest BCUT2D eigenvalue weighted by molar-refractivity contribution is -0.132. The molecule has 1 amide bonds. The summed E-state index contributed by atoms with van der Waals surface area (Å²) in [4.78, 5) is 12.5. The topological polar surface area (TPSA) is 81.7 Å². The number of fused-ring (bicyclic) bond motifs is 1. The fourth-order valence-electron chi connectivity index (χ4n) is 3.12. The second kappa shape index (κ2) is 6.59. The quantitative estimate of drug-likeness (QED) is 0.903. The van der Waals surface area contributed by atoms with Crippen LogP contribution in [0.3, 0.4) is 0 Å². The van der Waals surface area contributed by atoms with Gasteiger partial charge in [0.05, 0.1) is 30.1 Å². The van der Waals surface area contributed by atoms with E-state index < -0.39 is 21.8 Å². The number of hydrogen-bond acceptors (Lipinski definition) is 5. The van der Waals surface area contributed by atoms with Crippen molar-refractivity contribution in [3.05, 3.63) is 29.3 Å². The molecular weight excluding hydrogens is 318 g/mol. The third kappa shape index (κ3) is 3.41. The number of carbonyl (C=O) groups excluding carboxylic acids is 1. The van der Waals surface area contributed by atoms with Crippen LogP contribution >= 0.6 is 0 Å². The molecule has 1 aromatic rings. The predicted octanol–water partition coefficient (Wildman–Crippen LogP) is 1.73. The summed E-state index contributed by atoms with van der Waals surface area (Å²) in [7, 11) is -3.87. The highest BCUT2D eigenvalue weighted by atomic mass is 32.2. The van der Waals surface area contributed by atoms with Crippen LogP contribution < -0.4 is 4.72 Å². The van der Waals surface area contributed by atoms with Crippen molar-refractivity contribution in [2.24, 2.45) is 5.92 Å². The fraction of sp³-hybridized carbons (Fsp3) is 0.562. The van der Waals surface area contributed by atoms with E-state index in [2.05, 4.69) is 4.72 Å². The maximum Gasteiger partial charge on any atom is 0.264 e. The fourth-order valence-corrected chi connectivity index (χ4v) is 4.20. The zero-order valence-electron chi connectivity index (χ0n) is 13.1. The highest BCUT2D eigenvalue weighted by Crippen LogP contribution is 2.25. The van der Waals surface area contributed by atoms with Crippen molar-refractivity contribution >= 4 is 15.9 Å². The van der Waals surface area contributed by atoms with E-state index in [9.17, 15) is 13.2 Å². The molecule has 1 N–H and O–H groups in total. The van der Waals surface area contributed by atoms with Crippen molar-refractivity contribution in [2.45, 2.75) is 50.4 Å². The second-order valence-corrected chi connectivity index (χ2v) is 7.64. The number of nitrogens with one attached hydrogen (secondary N) is 1. The molecule has 3 rings (SSSR count). The molecule has 1 fully saturated rings. The average Bonchev–Trinajstić information content (AvgIpc) is 3.02. The molecule has 0 spiro atoms. The molecule has 2 heterocycles.